The Morgan fingerprint density at radius 2 is 1.77 bits per heavy atom. The molecule has 78 valence electrons. The zero-order valence-corrected chi connectivity index (χ0v) is 9.88. The quantitative estimate of drug-likeness (QED) is 0.635. The normalized spacial score (nSPS) is 31.6. The fourth-order valence-corrected chi connectivity index (χ4v) is 2.82. The zero-order valence-electron chi connectivity index (χ0n) is 9.88. The van der Waals surface area contributed by atoms with Crippen molar-refractivity contribution in [2.24, 2.45) is 11.8 Å². The van der Waals surface area contributed by atoms with E-state index in [0.717, 1.165) is 23.9 Å². The van der Waals surface area contributed by atoms with Crippen molar-refractivity contribution in [1.82, 2.24) is 4.90 Å². The summed E-state index contributed by atoms with van der Waals surface area (Å²) < 4.78 is 0. The second-order valence-corrected chi connectivity index (χ2v) is 5.12. The van der Waals surface area contributed by atoms with E-state index in [0.29, 0.717) is 0 Å². The highest BCUT2D eigenvalue weighted by molar-refractivity contribution is 4.84. The maximum absolute atomic E-state index is 2.66. The molecule has 1 aliphatic rings. The van der Waals surface area contributed by atoms with Crippen LogP contribution in [-0.4, -0.2) is 23.5 Å². The predicted molar refractivity (Wildman–Crippen MR) is 58.9 cm³/mol. The van der Waals surface area contributed by atoms with Gasteiger partial charge in [-0.25, -0.2) is 0 Å². The van der Waals surface area contributed by atoms with E-state index < -0.39 is 0 Å². The summed E-state index contributed by atoms with van der Waals surface area (Å²) in [5.41, 5.74) is 0. The van der Waals surface area contributed by atoms with E-state index in [9.17, 15) is 0 Å². The molecule has 0 spiro atoms. The maximum atomic E-state index is 2.66. The number of likely N-dealkylation sites (tertiary alicyclic amines) is 1. The molecule has 1 heterocycles. The molecular weight excluding hydrogens is 158 g/mol. The topological polar surface area (TPSA) is 3.24 Å². The first-order valence-corrected chi connectivity index (χ1v) is 5.79. The summed E-state index contributed by atoms with van der Waals surface area (Å²) in [6.45, 7) is 13.1. The van der Waals surface area contributed by atoms with Crippen LogP contribution in [0.25, 0.3) is 0 Å². The Balaban J connectivity index is 2.60. The second kappa shape index (κ2) is 4.45. The van der Waals surface area contributed by atoms with Crippen LogP contribution in [0.5, 0.6) is 0 Å². The Morgan fingerprint density at radius 3 is 2.23 bits per heavy atom. The molecule has 0 aromatic heterocycles. The lowest BCUT2D eigenvalue weighted by molar-refractivity contribution is 0.0543. The van der Waals surface area contributed by atoms with Crippen molar-refractivity contribution < 1.29 is 0 Å². The van der Waals surface area contributed by atoms with Gasteiger partial charge in [0.2, 0.25) is 0 Å². The van der Waals surface area contributed by atoms with Gasteiger partial charge >= 0.3 is 0 Å². The maximum Gasteiger partial charge on any atom is 0.0100 e. The van der Waals surface area contributed by atoms with Crippen LogP contribution in [0.2, 0.25) is 0 Å². The van der Waals surface area contributed by atoms with Crippen molar-refractivity contribution in [2.45, 2.75) is 59.5 Å². The summed E-state index contributed by atoms with van der Waals surface area (Å²) in [5.74, 6) is 1.76. The van der Waals surface area contributed by atoms with Crippen molar-refractivity contribution in [3.05, 3.63) is 0 Å². The number of nitrogens with zero attached hydrogens (tertiary/aromatic N) is 1. The summed E-state index contributed by atoms with van der Waals surface area (Å²) in [6.07, 6.45) is 2.83. The van der Waals surface area contributed by atoms with Gasteiger partial charge < -0.3 is 0 Å². The molecule has 1 unspecified atom stereocenters. The molecule has 1 saturated heterocycles. The third kappa shape index (κ3) is 2.46. The van der Waals surface area contributed by atoms with E-state index in [4.69, 9.17) is 0 Å². The molecule has 1 nitrogen and oxygen atoms in total. The van der Waals surface area contributed by atoms with Gasteiger partial charge in [-0.2, -0.15) is 0 Å². The van der Waals surface area contributed by atoms with Crippen LogP contribution in [0.15, 0.2) is 0 Å². The summed E-state index contributed by atoms with van der Waals surface area (Å²) >= 11 is 0. The predicted octanol–water partition coefficient (Wildman–Crippen LogP) is 3.15. The average molecular weight is 183 g/mol. The van der Waals surface area contributed by atoms with E-state index in [2.05, 4.69) is 39.5 Å². The minimum absolute atomic E-state index is 0.719. The summed E-state index contributed by atoms with van der Waals surface area (Å²) in [5, 5.41) is 0. The zero-order chi connectivity index (χ0) is 10.0. The molecule has 0 aliphatic carbocycles. The van der Waals surface area contributed by atoms with E-state index in [1.54, 1.807) is 0 Å². The Labute approximate surface area is 83.5 Å². The van der Waals surface area contributed by atoms with Crippen LogP contribution in [0.3, 0.4) is 0 Å². The minimum atomic E-state index is 0.719. The van der Waals surface area contributed by atoms with Crippen LogP contribution in [-0.2, 0) is 0 Å². The molecule has 1 fully saturated rings. The lowest BCUT2D eigenvalue weighted by Gasteiger charge is -2.43. The van der Waals surface area contributed by atoms with Crippen molar-refractivity contribution >= 4 is 0 Å². The van der Waals surface area contributed by atoms with Crippen molar-refractivity contribution in [1.29, 1.82) is 0 Å². The third-order valence-corrected chi connectivity index (χ3v) is 3.62. The van der Waals surface area contributed by atoms with E-state index >= 15 is 0 Å². The molecule has 1 rings (SSSR count). The monoisotopic (exact) mass is 183 g/mol. The Kier molecular flexibility index (Phi) is 3.78. The Bertz CT molecular complexity index is 135. The Morgan fingerprint density at radius 1 is 1.15 bits per heavy atom. The molecule has 0 saturated carbocycles. The summed E-state index contributed by atoms with van der Waals surface area (Å²) in [4.78, 5) is 2.66. The molecule has 1 heteroatoms. The van der Waals surface area contributed by atoms with Gasteiger partial charge in [0.15, 0.2) is 0 Å². The fourth-order valence-electron chi connectivity index (χ4n) is 2.82. The van der Waals surface area contributed by atoms with Crippen LogP contribution < -0.4 is 0 Å². The van der Waals surface area contributed by atoms with Gasteiger partial charge in [-0.15, -0.1) is 0 Å². The lowest BCUT2D eigenvalue weighted by Crippen LogP contribution is -2.48. The van der Waals surface area contributed by atoms with Crippen LogP contribution in [0.1, 0.15) is 47.5 Å². The number of hydrogen-bond acceptors (Lipinski definition) is 1. The molecule has 0 aromatic rings. The van der Waals surface area contributed by atoms with E-state index in [-0.39, 0.29) is 0 Å². The van der Waals surface area contributed by atoms with Gasteiger partial charge in [0.1, 0.15) is 0 Å². The first-order chi connectivity index (χ1) is 6.04. The van der Waals surface area contributed by atoms with Gasteiger partial charge in [-0.3, -0.25) is 4.90 Å². The molecule has 0 aromatic carbocycles. The van der Waals surface area contributed by atoms with E-state index in [1.807, 2.05) is 0 Å². The molecule has 2 atom stereocenters. The van der Waals surface area contributed by atoms with Gasteiger partial charge in [0.05, 0.1) is 0 Å². The highest BCUT2D eigenvalue weighted by Gasteiger charge is 2.30. The molecule has 0 bridgehead atoms. The lowest BCUT2D eigenvalue weighted by atomic mass is 9.81. The smallest absolute Gasteiger partial charge is 0.0100 e. The molecule has 0 radical (unpaired) electrons. The number of piperidine rings is 1. The van der Waals surface area contributed by atoms with Crippen molar-refractivity contribution in [2.75, 3.05) is 6.54 Å². The first kappa shape index (κ1) is 11.0. The largest absolute Gasteiger partial charge is 0.298 e. The van der Waals surface area contributed by atoms with Crippen molar-refractivity contribution in [3.63, 3.8) is 0 Å². The molecule has 1 aliphatic heterocycles. The fraction of sp³-hybridized carbons (Fsp3) is 1.00. The van der Waals surface area contributed by atoms with Gasteiger partial charge in [-0.05, 0) is 52.0 Å². The standard InChI is InChI=1S/C12H25N/c1-9(2)12-7-6-8-13(10(3)4)11(12)5/h9-12H,6-8H2,1-5H3/t11-,12?/m1/s1. The van der Waals surface area contributed by atoms with Crippen LogP contribution in [0, 0.1) is 11.8 Å². The van der Waals surface area contributed by atoms with Gasteiger partial charge in [0.25, 0.3) is 0 Å². The van der Waals surface area contributed by atoms with Gasteiger partial charge in [0, 0.05) is 12.1 Å². The number of hydrogen-bond donors (Lipinski definition) is 0. The number of rotatable bonds is 2. The van der Waals surface area contributed by atoms with Crippen molar-refractivity contribution in [3.8, 4) is 0 Å². The van der Waals surface area contributed by atoms with E-state index in [1.165, 1.54) is 19.4 Å². The van der Waals surface area contributed by atoms with Crippen LogP contribution >= 0.6 is 0 Å². The SMILES string of the molecule is CC(C)C1CCCN(C(C)C)[C@@H]1C. The third-order valence-electron chi connectivity index (χ3n) is 3.62. The van der Waals surface area contributed by atoms with Crippen LogP contribution in [0.4, 0.5) is 0 Å². The highest BCUT2D eigenvalue weighted by atomic mass is 15.2. The summed E-state index contributed by atoms with van der Waals surface area (Å²) in [6, 6.07) is 1.50. The molecular formula is C12H25N. The second-order valence-electron chi connectivity index (χ2n) is 5.12. The average Bonchev–Trinajstić information content (AvgIpc) is 2.03. The molecule has 0 amide bonds. The Hall–Kier alpha value is -0.0400. The minimum Gasteiger partial charge on any atom is -0.298 e. The molecule has 13 heavy (non-hydrogen) atoms. The summed E-state index contributed by atoms with van der Waals surface area (Å²) in [7, 11) is 0. The highest BCUT2D eigenvalue weighted by Crippen LogP contribution is 2.30. The first-order valence-electron chi connectivity index (χ1n) is 5.79. The van der Waals surface area contributed by atoms with Gasteiger partial charge in [-0.1, -0.05) is 13.8 Å². The molecule has 0 N–H and O–H groups in total.